The Bertz CT molecular complexity index is 839. The molecule has 1 fully saturated rings. The molecular weight excluding hydrogens is 512 g/mol. The summed E-state index contributed by atoms with van der Waals surface area (Å²) in [5, 5.41) is 2.64. The fourth-order valence-corrected chi connectivity index (χ4v) is 2.87. The number of alkyl halides is 3. The monoisotopic (exact) mass is 536 g/mol. The Balaban J connectivity index is 0.00000320. The number of piperazine rings is 1. The molecule has 2 aromatic rings. The van der Waals surface area contributed by atoms with Crippen molar-refractivity contribution >= 4 is 41.4 Å². The van der Waals surface area contributed by atoms with Gasteiger partial charge in [0.25, 0.3) is 0 Å². The average Bonchev–Trinajstić information content (AvgIpc) is 2.68. The van der Waals surface area contributed by atoms with Crippen LogP contribution < -0.4 is 20.7 Å². The van der Waals surface area contributed by atoms with Crippen LogP contribution >= 0.6 is 24.0 Å². The van der Waals surface area contributed by atoms with E-state index >= 15 is 0 Å². The van der Waals surface area contributed by atoms with Crippen LogP contribution in [0.15, 0.2) is 47.6 Å². The van der Waals surface area contributed by atoms with Crippen molar-refractivity contribution in [3.05, 3.63) is 48.2 Å². The van der Waals surface area contributed by atoms with Gasteiger partial charge in [0.05, 0.1) is 12.2 Å². The van der Waals surface area contributed by atoms with Gasteiger partial charge >= 0.3 is 6.36 Å². The van der Waals surface area contributed by atoms with Crippen LogP contribution in [-0.2, 0) is 6.54 Å². The average molecular weight is 536 g/mol. The van der Waals surface area contributed by atoms with E-state index in [0.29, 0.717) is 0 Å². The molecule has 3 N–H and O–H groups in total. The van der Waals surface area contributed by atoms with Gasteiger partial charge in [-0.05, 0) is 30.8 Å². The Morgan fingerprint density at radius 1 is 1.17 bits per heavy atom. The van der Waals surface area contributed by atoms with Crippen LogP contribution in [0.2, 0.25) is 0 Å². The van der Waals surface area contributed by atoms with E-state index in [1.54, 1.807) is 12.3 Å². The van der Waals surface area contributed by atoms with E-state index in [2.05, 4.69) is 36.9 Å². The van der Waals surface area contributed by atoms with Crippen molar-refractivity contribution in [2.24, 2.45) is 10.7 Å². The van der Waals surface area contributed by atoms with E-state index in [0.717, 1.165) is 37.6 Å². The molecule has 1 aliphatic heterocycles. The van der Waals surface area contributed by atoms with Gasteiger partial charge < -0.3 is 25.6 Å². The van der Waals surface area contributed by atoms with Crippen LogP contribution in [0.3, 0.4) is 0 Å². The second kappa shape index (κ2) is 10.7. The fourth-order valence-electron chi connectivity index (χ4n) is 2.87. The molecule has 164 valence electrons. The number of rotatable bonds is 5. The number of hydrogen-bond donors (Lipinski definition) is 2. The van der Waals surface area contributed by atoms with E-state index in [-0.39, 0.29) is 47.9 Å². The number of benzene rings is 1. The highest BCUT2D eigenvalue weighted by Gasteiger charge is 2.32. The van der Waals surface area contributed by atoms with Crippen molar-refractivity contribution in [1.82, 2.24) is 9.88 Å². The number of aromatic nitrogens is 1. The molecule has 0 amide bonds. The minimum Gasteiger partial charge on any atom is -0.404 e. The number of nitrogens with zero attached hydrogens (tertiary/aromatic N) is 4. The first-order valence-electron chi connectivity index (χ1n) is 9.10. The molecule has 1 aliphatic rings. The van der Waals surface area contributed by atoms with E-state index in [4.69, 9.17) is 5.73 Å². The van der Waals surface area contributed by atoms with Crippen LogP contribution in [0.25, 0.3) is 0 Å². The number of aliphatic imine (C=N–C) groups is 1. The zero-order chi connectivity index (χ0) is 20.9. The van der Waals surface area contributed by atoms with E-state index in [1.807, 2.05) is 12.1 Å². The number of para-hydroxylation sites is 2. The Labute approximate surface area is 190 Å². The number of likely N-dealkylation sites (N-methyl/N-ethyl adjacent to an activating group) is 1. The van der Waals surface area contributed by atoms with Gasteiger partial charge in [-0.3, -0.25) is 0 Å². The van der Waals surface area contributed by atoms with Crippen molar-refractivity contribution in [3.63, 3.8) is 0 Å². The lowest BCUT2D eigenvalue weighted by molar-refractivity contribution is -0.274. The van der Waals surface area contributed by atoms with Crippen molar-refractivity contribution in [3.8, 4) is 5.75 Å². The van der Waals surface area contributed by atoms with Gasteiger partial charge in [-0.1, -0.05) is 18.2 Å². The Hall–Kier alpha value is -2.28. The lowest BCUT2D eigenvalue weighted by Crippen LogP contribution is -2.44. The third-order valence-electron chi connectivity index (χ3n) is 4.44. The third-order valence-corrected chi connectivity index (χ3v) is 4.44. The largest absolute Gasteiger partial charge is 0.573 e. The Morgan fingerprint density at radius 2 is 1.87 bits per heavy atom. The van der Waals surface area contributed by atoms with Crippen LogP contribution in [-0.4, -0.2) is 55.4 Å². The first kappa shape index (κ1) is 24.0. The minimum atomic E-state index is -4.79. The second-order valence-electron chi connectivity index (χ2n) is 6.69. The van der Waals surface area contributed by atoms with Crippen LogP contribution in [0.1, 0.15) is 5.56 Å². The SMILES string of the molecule is CN1CCN(c2ccc(CN=C(N)Nc3ccccc3OC(F)(F)F)cn2)CC1.I. The number of pyridine rings is 1. The molecule has 0 spiro atoms. The predicted octanol–water partition coefficient (Wildman–Crippen LogP) is 3.28. The minimum absolute atomic E-state index is 0. The quantitative estimate of drug-likeness (QED) is 0.347. The summed E-state index contributed by atoms with van der Waals surface area (Å²) in [7, 11) is 2.10. The van der Waals surface area contributed by atoms with Crippen molar-refractivity contribution < 1.29 is 17.9 Å². The topological polar surface area (TPSA) is 79.0 Å². The van der Waals surface area contributed by atoms with E-state index in [9.17, 15) is 13.2 Å². The number of nitrogens with two attached hydrogens (primary N) is 1. The summed E-state index contributed by atoms with van der Waals surface area (Å²) in [5.74, 6) is 0.512. The van der Waals surface area contributed by atoms with Crippen molar-refractivity contribution in [2.75, 3.05) is 43.4 Å². The van der Waals surface area contributed by atoms with Crippen molar-refractivity contribution in [2.45, 2.75) is 12.9 Å². The second-order valence-corrected chi connectivity index (χ2v) is 6.69. The summed E-state index contributed by atoms with van der Waals surface area (Å²) in [5.41, 5.74) is 6.73. The van der Waals surface area contributed by atoms with Gasteiger partial charge in [-0.2, -0.15) is 0 Å². The number of ether oxygens (including phenoxy) is 1. The highest BCUT2D eigenvalue weighted by Crippen LogP contribution is 2.29. The number of guanidine groups is 1. The third kappa shape index (κ3) is 7.20. The molecule has 0 bridgehead atoms. The maximum absolute atomic E-state index is 12.5. The maximum Gasteiger partial charge on any atom is 0.573 e. The molecule has 3 rings (SSSR count). The maximum atomic E-state index is 12.5. The molecule has 0 radical (unpaired) electrons. The standard InChI is InChI=1S/C19H23F3N6O.HI/c1-27-8-10-28(11-9-27)17-7-6-14(12-24-17)13-25-18(23)26-15-4-2-3-5-16(15)29-19(20,21)22;/h2-7,12H,8-11,13H2,1H3,(H3,23,25,26);1H. The van der Waals surface area contributed by atoms with Crippen LogP contribution in [0.4, 0.5) is 24.7 Å². The molecule has 0 saturated carbocycles. The number of halogens is 4. The predicted molar refractivity (Wildman–Crippen MR) is 121 cm³/mol. The molecule has 11 heteroatoms. The van der Waals surface area contributed by atoms with Gasteiger partial charge in [0.15, 0.2) is 11.7 Å². The first-order valence-corrected chi connectivity index (χ1v) is 9.10. The summed E-state index contributed by atoms with van der Waals surface area (Å²) in [4.78, 5) is 13.1. The van der Waals surface area contributed by atoms with E-state index < -0.39 is 6.36 Å². The first-order chi connectivity index (χ1) is 13.8. The zero-order valence-electron chi connectivity index (χ0n) is 16.4. The normalized spacial score (nSPS) is 15.5. The highest BCUT2D eigenvalue weighted by atomic mass is 127. The zero-order valence-corrected chi connectivity index (χ0v) is 18.7. The molecule has 0 unspecified atom stereocenters. The van der Waals surface area contributed by atoms with Gasteiger partial charge in [0, 0.05) is 32.4 Å². The summed E-state index contributed by atoms with van der Waals surface area (Å²) < 4.78 is 41.5. The molecular formula is C19H24F3IN6O. The van der Waals surface area contributed by atoms with Crippen LogP contribution in [0.5, 0.6) is 5.75 Å². The number of anilines is 2. The molecule has 2 heterocycles. The Kier molecular flexibility index (Phi) is 8.53. The molecule has 1 aromatic carbocycles. The van der Waals surface area contributed by atoms with Gasteiger partial charge in [-0.25, -0.2) is 9.98 Å². The summed E-state index contributed by atoms with van der Waals surface area (Å²) in [6.45, 7) is 4.09. The van der Waals surface area contributed by atoms with Gasteiger partial charge in [0.1, 0.15) is 5.82 Å². The molecule has 7 nitrogen and oxygen atoms in total. The lowest BCUT2D eigenvalue weighted by atomic mass is 10.2. The number of nitrogens with one attached hydrogen (secondary N) is 1. The summed E-state index contributed by atoms with van der Waals surface area (Å²) in [6, 6.07) is 9.48. The lowest BCUT2D eigenvalue weighted by Gasteiger charge is -2.33. The van der Waals surface area contributed by atoms with Crippen LogP contribution in [0, 0.1) is 0 Å². The summed E-state index contributed by atoms with van der Waals surface area (Å²) in [6.07, 6.45) is -3.06. The van der Waals surface area contributed by atoms with Gasteiger partial charge in [0.2, 0.25) is 0 Å². The fraction of sp³-hybridized carbons (Fsp3) is 0.368. The van der Waals surface area contributed by atoms with E-state index in [1.165, 1.54) is 18.2 Å². The highest BCUT2D eigenvalue weighted by molar-refractivity contribution is 14.0. The number of hydrogen-bond acceptors (Lipinski definition) is 5. The molecule has 1 saturated heterocycles. The molecule has 1 aromatic heterocycles. The summed E-state index contributed by atoms with van der Waals surface area (Å²) >= 11 is 0. The molecule has 0 atom stereocenters. The Morgan fingerprint density at radius 3 is 2.50 bits per heavy atom. The van der Waals surface area contributed by atoms with Gasteiger partial charge in [-0.15, -0.1) is 37.1 Å². The van der Waals surface area contributed by atoms with Crippen molar-refractivity contribution in [1.29, 1.82) is 0 Å². The molecule has 0 aliphatic carbocycles. The molecule has 30 heavy (non-hydrogen) atoms. The smallest absolute Gasteiger partial charge is 0.404 e.